The number of hydrogen-bond acceptors (Lipinski definition) is 7. The quantitative estimate of drug-likeness (QED) is 0.588. The van der Waals surface area contributed by atoms with E-state index < -0.39 is 11.8 Å². The molecule has 26 heavy (non-hydrogen) atoms. The molecule has 2 amide bonds. The summed E-state index contributed by atoms with van der Waals surface area (Å²) in [6, 6.07) is 9.57. The van der Waals surface area contributed by atoms with Crippen molar-refractivity contribution in [2.75, 3.05) is 0 Å². The lowest BCUT2D eigenvalue weighted by atomic mass is 10.2. The molecule has 9 heteroatoms. The van der Waals surface area contributed by atoms with Crippen molar-refractivity contribution in [3.8, 4) is 17.1 Å². The Bertz CT molecular complexity index is 910. The molecule has 9 nitrogen and oxygen atoms in total. The van der Waals surface area contributed by atoms with Gasteiger partial charge in [-0.2, -0.15) is 4.98 Å². The first-order chi connectivity index (χ1) is 12.6. The number of phenols is 1. The van der Waals surface area contributed by atoms with Crippen molar-refractivity contribution in [1.29, 1.82) is 0 Å². The molecule has 0 unspecified atom stereocenters. The minimum Gasteiger partial charge on any atom is -0.507 e. The molecule has 3 aromatic rings. The third kappa shape index (κ3) is 4.20. The Kier molecular flexibility index (Phi) is 5.18. The van der Waals surface area contributed by atoms with E-state index in [0.29, 0.717) is 17.3 Å². The standard InChI is InChI=1S/C17H15N5O4/c23-13-6-2-1-5-12(13)17(25)21-20-14(24)7-8-15-19-16(22-26-15)11-4-3-9-18-10-11/h1-6,9-10,23H,7-8H2,(H,20,24)(H,21,25). The first-order valence-corrected chi connectivity index (χ1v) is 7.73. The molecule has 2 aromatic heterocycles. The number of rotatable bonds is 5. The lowest BCUT2D eigenvalue weighted by molar-refractivity contribution is -0.121. The van der Waals surface area contributed by atoms with Gasteiger partial charge < -0.3 is 9.63 Å². The molecule has 0 saturated heterocycles. The molecule has 0 spiro atoms. The highest BCUT2D eigenvalue weighted by Crippen LogP contribution is 2.15. The summed E-state index contributed by atoms with van der Waals surface area (Å²) >= 11 is 0. The molecule has 0 aliphatic heterocycles. The number of amides is 2. The second kappa shape index (κ2) is 7.88. The molecule has 2 heterocycles. The van der Waals surface area contributed by atoms with Crippen molar-refractivity contribution in [2.24, 2.45) is 0 Å². The van der Waals surface area contributed by atoms with E-state index in [-0.39, 0.29) is 24.2 Å². The van der Waals surface area contributed by atoms with Crippen LogP contribution in [0.3, 0.4) is 0 Å². The van der Waals surface area contributed by atoms with Crippen LogP contribution < -0.4 is 10.9 Å². The first-order valence-electron chi connectivity index (χ1n) is 7.73. The zero-order valence-electron chi connectivity index (χ0n) is 13.5. The average Bonchev–Trinajstić information content (AvgIpc) is 3.14. The Hall–Kier alpha value is -3.75. The van der Waals surface area contributed by atoms with Gasteiger partial charge in [0.05, 0.1) is 5.56 Å². The number of aryl methyl sites for hydroxylation is 1. The number of hydrogen-bond donors (Lipinski definition) is 3. The van der Waals surface area contributed by atoms with Gasteiger partial charge in [-0.3, -0.25) is 25.4 Å². The fourth-order valence-electron chi connectivity index (χ4n) is 2.11. The number of carbonyl (C=O) groups excluding carboxylic acids is 2. The summed E-state index contributed by atoms with van der Waals surface area (Å²) in [5.74, 6) is -0.538. The number of hydrazine groups is 1. The maximum absolute atomic E-state index is 11.9. The highest BCUT2D eigenvalue weighted by molar-refractivity contribution is 5.97. The predicted octanol–water partition coefficient (Wildman–Crippen LogP) is 1.23. The maximum Gasteiger partial charge on any atom is 0.273 e. The molecule has 0 bridgehead atoms. The Morgan fingerprint density at radius 1 is 1.12 bits per heavy atom. The molecule has 132 valence electrons. The number of nitrogens with zero attached hydrogens (tertiary/aromatic N) is 3. The van der Waals surface area contributed by atoms with Crippen LogP contribution >= 0.6 is 0 Å². The minimum atomic E-state index is -0.617. The minimum absolute atomic E-state index is 0.0374. The zero-order valence-corrected chi connectivity index (χ0v) is 13.5. The Labute approximate surface area is 148 Å². The third-order valence-electron chi connectivity index (χ3n) is 3.42. The zero-order chi connectivity index (χ0) is 18.4. The summed E-state index contributed by atoms with van der Waals surface area (Å²) in [7, 11) is 0. The van der Waals surface area contributed by atoms with Crippen LogP contribution in [-0.2, 0) is 11.2 Å². The highest BCUT2D eigenvalue weighted by Gasteiger charge is 2.13. The molecule has 0 atom stereocenters. The lowest BCUT2D eigenvalue weighted by Gasteiger charge is -2.07. The van der Waals surface area contributed by atoms with E-state index in [1.807, 2.05) is 0 Å². The van der Waals surface area contributed by atoms with Crippen molar-refractivity contribution < 1.29 is 19.2 Å². The van der Waals surface area contributed by atoms with Gasteiger partial charge in [0.1, 0.15) is 5.75 Å². The number of pyridine rings is 1. The summed E-state index contributed by atoms with van der Waals surface area (Å²) < 4.78 is 5.09. The Morgan fingerprint density at radius 2 is 1.96 bits per heavy atom. The Balaban J connectivity index is 1.48. The van der Waals surface area contributed by atoms with Crippen LogP contribution in [0.25, 0.3) is 11.4 Å². The lowest BCUT2D eigenvalue weighted by Crippen LogP contribution is -2.41. The topological polar surface area (TPSA) is 130 Å². The van der Waals surface area contributed by atoms with Crippen molar-refractivity contribution >= 4 is 11.8 Å². The molecule has 0 fully saturated rings. The summed E-state index contributed by atoms with van der Waals surface area (Å²) in [5, 5.41) is 13.4. The fourth-order valence-corrected chi connectivity index (χ4v) is 2.11. The van der Waals surface area contributed by atoms with Crippen molar-refractivity contribution in [3.63, 3.8) is 0 Å². The van der Waals surface area contributed by atoms with Crippen molar-refractivity contribution in [1.82, 2.24) is 26.0 Å². The molecular weight excluding hydrogens is 338 g/mol. The van der Waals surface area contributed by atoms with Crippen LogP contribution in [0.4, 0.5) is 0 Å². The van der Waals surface area contributed by atoms with E-state index in [4.69, 9.17) is 4.52 Å². The summed E-state index contributed by atoms with van der Waals surface area (Å²) in [5.41, 5.74) is 5.27. The Morgan fingerprint density at radius 3 is 2.73 bits per heavy atom. The van der Waals surface area contributed by atoms with E-state index >= 15 is 0 Å². The SMILES string of the molecule is O=C(CCc1nc(-c2cccnc2)no1)NNC(=O)c1ccccc1O. The number of nitrogens with one attached hydrogen (secondary N) is 2. The molecule has 3 rings (SSSR count). The average molecular weight is 353 g/mol. The summed E-state index contributed by atoms with van der Waals surface area (Å²) in [6.45, 7) is 0. The molecule has 0 radical (unpaired) electrons. The van der Waals surface area contributed by atoms with Crippen molar-refractivity contribution in [3.05, 3.63) is 60.2 Å². The number of carbonyl (C=O) groups is 2. The number of phenolic OH excluding ortho intramolecular Hbond substituents is 1. The number of aromatic nitrogens is 3. The van der Waals surface area contributed by atoms with Gasteiger partial charge in [0, 0.05) is 30.8 Å². The monoisotopic (exact) mass is 353 g/mol. The largest absolute Gasteiger partial charge is 0.507 e. The number of aromatic hydroxyl groups is 1. The molecular formula is C17H15N5O4. The maximum atomic E-state index is 11.9. The smallest absolute Gasteiger partial charge is 0.273 e. The number of benzene rings is 1. The van der Waals surface area contributed by atoms with Crippen LogP contribution in [0.2, 0.25) is 0 Å². The number of para-hydroxylation sites is 1. The molecule has 0 aliphatic carbocycles. The molecule has 0 saturated carbocycles. The van der Waals surface area contributed by atoms with Gasteiger partial charge in [0.2, 0.25) is 17.6 Å². The van der Waals surface area contributed by atoms with Crippen LogP contribution in [-0.4, -0.2) is 32.0 Å². The second-order valence-corrected chi connectivity index (χ2v) is 5.27. The fraction of sp³-hybridized carbons (Fsp3) is 0.118. The van der Waals surface area contributed by atoms with E-state index in [1.54, 1.807) is 36.7 Å². The van der Waals surface area contributed by atoms with Crippen molar-refractivity contribution in [2.45, 2.75) is 12.8 Å². The van der Waals surface area contributed by atoms with Crippen LogP contribution in [0.5, 0.6) is 5.75 Å². The summed E-state index contributed by atoms with van der Waals surface area (Å²) in [4.78, 5) is 31.9. The van der Waals surface area contributed by atoms with E-state index in [0.717, 1.165) is 0 Å². The van der Waals surface area contributed by atoms with E-state index in [9.17, 15) is 14.7 Å². The van der Waals surface area contributed by atoms with Crippen LogP contribution in [0.15, 0.2) is 53.3 Å². The predicted molar refractivity (Wildman–Crippen MR) is 89.6 cm³/mol. The van der Waals surface area contributed by atoms with Crippen LogP contribution in [0.1, 0.15) is 22.7 Å². The van der Waals surface area contributed by atoms with E-state index in [1.165, 1.54) is 12.1 Å². The highest BCUT2D eigenvalue weighted by atomic mass is 16.5. The van der Waals surface area contributed by atoms with Gasteiger partial charge in [-0.25, -0.2) is 0 Å². The van der Waals surface area contributed by atoms with Gasteiger partial charge in [0.25, 0.3) is 5.91 Å². The van der Waals surface area contributed by atoms with Gasteiger partial charge in [-0.05, 0) is 24.3 Å². The van der Waals surface area contributed by atoms with Crippen LogP contribution in [0, 0.1) is 0 Å². The normalized spacial score (nSPS) is 10.3. The molecule has 0 aliphatic rings. The molecule has 3 N–H and O–H groups in total. The second-order valence-electron chi connectivity index (χ2n) is 5.27. The third-order valence-corrected chi connectivity index (χ3v) is 3.42. The van der Waals surface area contributed by atoms with Gasteiger partial charge in [-0.1, -0.05) is 17.3 Å². The van der Waals surface area contributed by atoms with Gasteiger partial charge in [-0.15, -0.1) is 0 Å². The van der Waals surface area contributed by atoms with Gasteiger partial charge >= 0.3 is 0 Å². The molecule has 1 aromatic carbocycles. The first kappa shape index (κ1) is 17.1. The van der Waals surface area contributed by atoms with Gasteiger partial charge in [0.15, 0.2) is 0 Å². The summed E-state index contributed by atoms with van der Waals surface area (Å²) in [6.07, 6.45) is 3.50. The van der Waals surface area contributed by atoms with E-state index in [2.05, 4.69) is 26.0 Å².